The van der Waals surface area contributed by atoms with Crippen LogP contribution in [0.1, 0.15) is 35.2 Å². The van der Waals surface area contributed by atoms with Crippen molar-refractivity contribution in [1.29, 1.82) is 0 Å². The average molecular weight is 465 g/mol. The van der Waals surface area contributed by atoms with E-state index in [4.69, 9.17) is 9.84 Å². The molecular formula is C23H23F3N2O3S. The Morgan fingerprint density at radius 1 is 1.19 bits per heavy atom. The molecule has 32 heavy (non-hydrogen) atoms. The van der Waals surface area contributed by atoms with Crippen LogP contribution < -0.4 is 4.74 Å². The van der Waals surface area contributed by atoms with Crippen LogP contribution in [0.4, 0.5) is 13.2 Å². The Bertz CT molecular complexity index is 1090. The van der Waals surface area contributed by atoms with Crippen molar-refractivity contribution < 1.29 is 27.8 Å². The predicted octanol–water partition coefficient (Wildman–Crippen LogP) is 5.87. The lowest BCUT2D eigenvalue weighted by molar-refractivity contribution is -0.139. The number of aromatic nitrogens is 2. The van der Waals surface area contributed by atoms with E-state index in [1.54, 1.807) is 22.5 Å². The van der Waals surface area contributed by atoms with Crippen molar-refractivity contribution in [2.75, 3.05) is 12.4 Å². The first-order valence-corrected chi connectivity index (χ1v) is 10.8. The zero-order chi connectivity index (χ0) is 23.5. The highest BCUT2D eigenvalue weighted by Gasteiger charge is 2.30. The number of carboxylic acid groups (broad SMARTS) is 1. The van der Waals surface area contributed by atoms with Crippen LogP contribution in [-0.2, 0) is 11.0 Å². The molecule has 0 aliphatic rings. The zero-order valence-corrected chi connectivity index (χ0v) is 18.6. The first-order chi connectivity index (χ1) is 15.0. The van der Waals surface area contributed by atoms with Crippen LogP contribution in [0, 0.1) is 13.8 Å². The molecule has 0 spiro atoms. The molecule has 0 radical (unpaired) electrons. The number of hydrogen-bond acceptors (Lipinski definition) is 4. The molecule has 0 aliphatic carbocycles. The van der Waals surface area contributed by atoms with Gasteiger partial charge in [-0.05, 0) is 73.4 Å². The molecule has 5 nitrogen and oxygen atoms in total. The third kappa shape index (κ3) is 5.85. The van der Waals surface area contributed by atoms with E-state index in [1.807, 2.05) is 32.2 Å². The summed E-state index contributed by atoms with van der Waals surface area (Å²) in [4.78, 5) is 11.7. The fraction of sp³-hybridized carbons (Fsp3) is 0.304. The largest absolute Gasteiger partial charge is 0.482 e. The summed E-state index contributed by atoms with van der Waals surface area (Å²) < 4.78 is 45.2. The van der Waals surface area contributed by atoms with Gasteiger partial charge in [0.1, 0.15) is 5.75 Å². The second-order valence-corrected chi connectivity index (χ2v) is 8.57. The minimum atomic E-state index is -4.37. The van der Waals surface area contributed by atoms with E-state index in [-0.39, 0.29) is 12.5 Å². The Morgan fingerprint density at radius 3 is 2.47 bits per heavy atom. The van der Waals surface area contributed by atoms with Gasteiger partial charge in [0.15, 0.2) is 6.61 Å². The molecule has 0 amide bonds. The predicted molar refractivity (Wildman–Crippen MR) is 117 cm³/mol. The third-order valence-corrected chi connectivity index (χ3v) is 6.18. The quantitative estimate of drug-likeness (QED) is 0.423. The summed E-state index contributed by atoms with van der Waals surface area (Å²) in [6.45, 7) is 5.44. The van der Waals surface area contributed by atoms with Crippen molar-refractivity contribution in [3.63, 3.8) is 0 Å². The molecule has 0 fully saturated rings. The smallest absolute Gasteiger partial charge is 0.416 e. The Kier molecular flexibility index (Phi) is 7.18. The molecule has 0 saturated carbocycles. The van der Waals surface area contributed by atoms with Gasteiger partial charge in [-0.25, -0.2) is 9.48 Å². The fourth-order valence-corrected chi connectivity index (χ4v) is 4.26. The van der Waals surface area contributed by atoms with Crippen LogP contribution in [0.25, 0.3) is 5.69 Å². The summed E-state index contributed by atoms with van der Waals surface area (Å²) in [6, 6.07) is 10.5. The van der Waals surface area contributed by atoms with Crippen molar-refractivity contribution in [3.8, 4) is 11.4 Å². The summed E-state index contributed by atoms with van der Waals surface area (Å²) in [5, 5.41) is 13.2. The summed E-state index contributed by atoms with van der Waals surface area (Å²) in [5.41, 5.74) is 2.59. The van der Waals surface area contributed by atoms with E-state index in [0.29, 0.717) is 11.4 Å². The molecule has 0 saturated heterocycles. The summed E-state index contributed by atoms with van der Waals surface area (Å²) in [6.07, 6.45) is -2.51. The van der Waals surface area contributed by atoms with Crippen molar-refractivity contribution >= 4 is 17.7 Å². The van der Waals surface area contributed by atoms with E-state index in [9.17, 15) is 18.0 Å². The minimum absolute atomic E-state index is 0.159. The normalized spacial score (nSPS) is 12.6. The van der Waals surface area contributed by atoms with Crippen molar-refractivity contribution in [1.82, 2.24) is 9.78 Å². The van der Waals surface area contributed by atoms with Crippen LogP contribution in [0.2, 0.25) is 0 Å². The first-order valence-electron chi connectivity index (χ1n) is 9.86. The number of ether oxygens (including phenoxy) is 1. The van der Waals surface area contributed by atoms with Crippen LogP contribution in [0.15, 0.2) is 53.6 Å². The number of halogens is 3. The second kappa shape index (κ2) is 9.68. The number of nitrogens with zero attached hydrogens (tertiary/aromatic N) is 2. The molecule has 9 heteroatoms. The maximum absolute atomic E-state index is 12.8. The number of benzene rings is 2. The Morgan fingerprint density at radius 2 is 1.88 bits per heavy atom. The van der Waals surface area contributed by atoms with Gasteiger partial charge in [-0.2, -0.15) is 18.3 Å². The van der Waals surface area contributed by atoms with Gasteiger partial charge in [-0.1, -0.05) is 6.92 Å². The fourth-order valence-electron chi connectivity index (χ4n) is 3.22. The van der Waals surface area contributed by atoms with E-state index in [1.165, 1.54) is 12.1 Å². The van der Waals surface area contributed by atoms with E-state index in [0.717, 1.165) is 39.6 Å². The highest BCUT2D eigenvalue weighted by molar-refractivity contribution is 7.99. The molecule has 3 aromatic rings. The van der Waals surface area contributed by atoms with Gasteiger partial charge in [0, 0.05) is 16.8 Å². The molecule has 1 aromatic heterocycles. The van der Waals surface area contributed by atoms with E-state index in [2.05, 4.69) is 12.0 Å². The van der Waals surface area contributed by atoms with E-state index < -0.39 is 17.7 Å². The number of aryl methyl sites for hydroxylation is 2. The summed E-state index contributed by atoms with van der Waals surface area (Å²) in [7, 11) is 0. The van der Waals surface area contributed by atoms with Gasteiger partial charge in [0.05, 0.1) is 16.9 Å². The number of alkyl halides is 3. The van der Waals surface area contributed by atoms with Gasteiger partial charge in [0.25, 0.3) is 0 Å². The molecule has 3 rings (SSSR count). The maximum Gasteiger partial charge on any atom is 0.416 e. The zero-order valence-electron chi connectivity index (χ0n) is 17.8. The average Bonchev–Trinajstić information content (AvgIpc) is 3.12. The topological polar surface area (TPSA) is 64.4 Å². The first kappa shape index (κ1) is 23.7. The van der Waals surface area contributed by atoms with Gasteiger partial charge >= 0.3 is 12.1 Å². The molecule has 1 N–H and O–H groups in total. The number of carboxylic acids is 1. The molecule has 170 valence electrons. The number of carbonyl (C=O) groups is 1. The van der Waals surface area contributed by atoms with E-state index >= 15 is 0 Å². The number of thioether (sulfide) groups is 1. The number of hydrogen-bond donors (Lipinski definition) is 1. The van der Waals surface area contributed by atoms with Gasteiger partial charge in [0.2, 0.25) is 0 Å². The molecule has 1 heterocycles. The van der Waals surface area contributed by atoms with Crippen LogP contribution in [0.5, 0.6) is 5.75 Å². The third-order valence-electron chi connectivity index (χ3n) is 4.92. The second-order valence-electron chi connectivity index (χ2n) is 7.48. The van der Waals surface area contributed by atoms with Crippen LogP contribution in [0.3, 0.4) is 0 Å². The molecular weight excluding hydrogens is 441 g/mol. The maximum atomic E-state index is 12.8. The lowest BCUT2D eigenvalue weighted by Crippen LogP contribution is -2.10. The lowest BCUT2D eigenvalue weighted by Gasteiger charge is -2.12. The standard InChI is InChI=1S/C23H23F3N2O3S/c1-14-10-19(8-9-21(14)31-12-22(29)30)32-13-15(2)20-11-28(27-16(20)3)18-6-4-17(5-7-18)23(24,25)26/h4-11,15H,12-13H2,1-3H3,(H,29,30). The van der Waals surface area contributed by atoms with Crippen molar-refractivity contribution in [3.05, 3.63) is 71.0 Å². The number of aliphatic carboxylic acids is 1. The van der Waals surface area contributed by atoms with Crippen molar-refractivity contribution in [2.45, 2.75) is 37.8 Å². The highest BCUT2D eigenvalue weighted by Crippen LogP contribution is 2.32. The molecule has 0 aliphatic heterocycles. The molecule has 1 unspecified atom stereocenters. The Labute approximate surface area is 188 Å². The molecule has 0 bridgehead atoms. The highest BCUT2D eigenvalue weighted by atomic mass is 32.2. The van der Waals surface area contributed by atoms with Gasteiger partial charge in [-0.3, -0.25) is 0 Å². The van der Waals surface area contributed by atoms with Crippen molar-refractivity contribution in [2.24, 2.45) is 0 Å². The molecule has 1 atom stereocenters. The summed E-state index contributed by atoms with van der Waals surface area (Å²) >= 11 is 1.66. The lowest BCUT2D eigenvalue weighted by atomic mass is 10.1. The van der Waals surface area contributed by atoms with Crippen LogP contribution >= 0.6 is 11.8 Å². The SMILES string of the molecule is Cc1cc(SCC(C)c2cn(-c3ccc(C(F)(F)F)cc3)nc2C)ccc1OCC(=O)O. The van der Waals surface area contributed by atoms with Gasteiger partial charge in [-0.15, -0.1) is 11.8 Å². The minimum Gasteiger partial charge on any atom is -0.482 e. The Balaban J connectivity index is 1.66. The van der Waals surface area contributed by atoms with Gasteiger partial charge < -0.3 is 9.84 Å². The monoisotopic (exact) mass is 464 g/mol. The van der Waals surface area contributed by atoms with Crippen LogP contribution in [-0.4, -0.2) is 33.2 Å². The Hall–Kier alpha value is -2.94. The number of rotatable bonds is 8. The summed E-state index contributed by atoms with van der Waals surface area (Å²) in [5.74, 6) is 0.447. The molecule has 2 aromatic carbocycles.